The SMILES string of the molecule is [Ir+3].[c-]1nc2ccc(-c3ccccc3)c(-c3ccccc3)c2[nH]1.[c-]1nc2ccc(-c3ccccc3)c(-c3ccccc3)c2[nH]1.[c-]1nc2ccc(-c3ccccc3)c(-c3ccccc3)c2[nH]1. The monoisotopic (exact) mass is 1000 g/mol. The van der Waals surface area contributed by atoms with Crippen molar-refractivity contribution in [1.29, 1.82) is 0 Å². The van der Waals surface area contributed by atoms with Crippen molar-refractivity contribution in [2.45, 2.75) is 0 Å². The number of nitrogens with one attached hydrogen (secondary N) is 3. The molecule has 0 spiro atoms. The number of aromatic amines is 3. The third-order valence-corrected chi connectivity index (χ3v) is 11.1. The summed E-state index contributed by atoms with van der Waals surface area (Å²) in [5.74, 6) is 0. The molecule has 0 saturated heterocycles. The van der Waals surface area contributed by atoms with E-state index in [2.05, 4.69) is 213 Å². The molecule has 3 heterocycles. The van der Waals surface area contributed by atoms with Gasteiger partial charge in [0, 0.05) is 0 Å². The van der Waals surface area contributed by atoms with E-state index in [0.29, 0.717) is 0 Å². The van der Waals surface area contributed by atoms with Crippen LogP contribution in [0.5, 0.6) is 0 Å². The molecular weight excluding hydrogens is 961 g/mol. The summed E-state index contributed by atoms with van der Waals surface area (Å²) in [4.78, 5) is 22.3. The zero-order valence-electron chi connectivity index (χ0n) is 34.5. The number of rotatable bonds is 6. The number of nitrogens with zero attached hydrogens (tertiary/aromatic N) is 3. The van der Waals surface area contributed by atoms with E-state index in [-0.39, 0.29) is 20.1 Å². The molecule has 0 aliphatic heterocycles. The van der Waals surface area contributed by atoms with Crippen LogP contribution in [0.2, 0.25) is 0 Å². The van der Waals surface area contributed by atoms with Crippen molar-refractivity contribution in [3.8, 4) is 66.8 Å². The summed E-state index contributed by atoms with van der Waals surface area (Å²) in [6.07, 6.45) is 8.55. The van der Waals surface area contributed by atoms with Crippen LogP contribution in [0.25, 0.3) is 99.9 Å². The van der Waals surface area contributed by atoms with Crippen LogP contribution in [0.15, 0.2) is 218 Å². The van der Waals surface area contributed by atoms with Crippen LogP contribution in [0.1, 0.15) is 0 Å². The smallest absolute Gasteiger partial charge is 0.460 e. The van der Waals surface area contributed by atoms with Gasteiger partial charge in [0.1, 0.15) is 0 Å². The molecule has 12 rings (SSSR count). The minimum absolute atomic E-state index is 0. The molecule has 0 bridgehead atoms. The maximum absolute atomic E-state index is 4.26. The van der Waals surface area contributed by atoms with Gasteiger partial charge in [0.2, 0.25) is 0 Å². The zero-order chi connectivity index (χ0) is 42.2. The van der Waals surface area contributed by atoms with Gasteiger partial charge in [-0.2, -0.15) is 0 Å². The molecular formula is C57H39IrN6. The molecule has 0 atom stereocenters. The summed E-state index contributed by atoms with van der Waals surface area (Å²) >= 11 is 0. The first kappa shape index (κ1) is 41.4. The average Bonchev–Trinajstić information content (AvgIpc) is 4.17. The number of fused-ring (bicyclic) bond motifs is 3. The topological polar surface area (TPSA) is 86.0 Å². The molecule has 7 heteroatoms. The molecule has 0 aliphatic carbocycles. The first-order valence-electron chi connectivity index (χ1n) is 20.8. The maximum Gasteiger partial charge on any atom is 3.00 e. The minimum Gasteiger partial charge on any atom is -0.460 e. The van der Waals surface area contributed by atoms with Gasteiger partial charge in [-0.3, -0.25) is 0 Å². The number of benzene rings is 9. The van der Waals surface area contributed by atoms with Crippen LogP contribution in [-0.2, 0) is 20.1 Å². The van der Waals surface area contributed by atoms with Crippen molar-refractivity contribution in [2.75, 3.05) is 0 Å². The number of imidazole rings is 3. The van der Waals surface area contributed by atoms with Crippen molar-refractivity contribution in [2.24, 2.45) is 0 Å². The van der Waals surface area contributed by atoms with E-state index in [9.17, 15) is 0 Å². The Hall–Kier alpha value is -7.96. The van der Waals surface area contributed by atoms with E-state index < -0.39 is 0 Å². The predicted octanol–water partition coefficient (Wildman–Crippen LogP) is 14.1. The second kappa shape index (κ2) is 19.4. The van der Waals surface area contributed by atoms with Crippen LogP contribution in [0.4, 0.5) is 0 Å². The fraction of sp³-hybridized carbons (Fsp3) is 0. The summed E-state index contributed by atoms with van der Waals surface area (Å²) in [6.45, 7) is 0. The van der Waals surface area contributed by atoms with Crippen LogP contribution in [-0.4, -0.2) is 29.9 Å². The van der Waals surface area contributed by atoms with Gasteiger partial charge in [-0.05, 0) is 69.1 Å². The third kappa shape index (κ3) is 8.59. The Kier molecular flexibility index (Phi) is 12.5. The predicted molar refractivity (Wildman–Crippen MR) is 257 cm³/mol. The van der Waals surface area contributed by atoms with Crippen molar-refractivity contribution < 1.29 is 20.1 Å². The first-order valence-corrected chi connectivity index (χ1v) is 20.8. The zero-order valence-corrected chi connectivity index (χ0v) is 36.9. The molecule has 3 aromatic heterocycles. The summed E-state index contributed by atoms with van der Waals surface area (Å²) in [7, 11) is 0. The maximum atomic E-state index is 4.26. The van der Waals surface area contributed by atoms with Crippen LogP contribution >= 0.6 is 0 Å². The van der Waals surface area contributed by atoms with Gasteiger partial charge in [0.15, 0.2) is 0 Å². The van der Waals surface area contributed by atoms with Gasteiger partial charge in [0.05, 0.1) is 0 Å². The van der Waals surface area contributed by atoms with Gasteiger partial charge >= 0.3 is 20.1 Å². The molecule has 0 amide bonds. The van der Waals surface area contributed by atoms with Gasteiger partial charge in [-0.25, -0.2) is 0 Å². The minimum atomic E-state index is 0. The number of H-pyrrole nitrogens is 3. The van der Waals surface area contributed by atoms with Crippen molar-refractivity contribution in [3.63, 3.8) is 0 Å². The number of hydrogen-bond donors (Lipinski definition) is 3. The average molecular weight is 1000 g/mol. The second-order valence-electron chi connectivity index (χ2n) is 14.9. The molecule has 306 valence electrons. The molecule has 0 aliphatic rings. The molecule has 6 nitrogen and oxygen atoms in total. The first-order chi connectivity index (χ1) is 31.3. The van der Waals surface area contributed by atoms with E-state index >= 15 is 0 Å². The summed E-state index contributed by atoms with van der Waals surface area (Å²) < 4.78 is 0. The molecule has 64 heavy (non-hydrogen) atoms. The Morgan fingerprint density at radius 3 is 0.703 bits per heavy atom. The van der Waals surface area contributed by atoms with Crippen LogP contribution in [0, 0.1) is 19.0 Å². The van der Waals surface area contributed by atoms with Crippen molar-refractivity contribution in [1.82, 2.24) is 29.9 Å². The van der Waals surface area contributed by atoms with E-state index in [1.807, 2.05) is 54.6 Å². The molecule has 9 aromatic carbocycles. The van der Waals surface area contributed by atoms with Crippen molar-refractivity contribution in [3.05, 3.63) is 237 Å². The number of aromatic nitrogens is 6. The van der Waals surface area contributed by atoms with Crippen LogP contribution < -0.4 is 0 Å². The Balaban J connectivity index is 0.000000121. The van der Waals surface area contributed by atoms with Gasteiger partial charge in [-0.15, -0.1) is 18.2 Å². The van der Waals surface area contributed by atoms with Gasteiger partial charge < -0.3 is 29.9 Å². The van der Waals surface area contributed by atoms with Crippen LogP contribution in [0.3, 0.4) is 0 Å². The summed E-state index contributed by atoms with van der Waals surface area (Å²) in [5, 5.41) is 0. The Morgan fingerprint density at radius 1 is 0.250 bits per heavy atom. The van der Waals surface area contributed by atoms with E-state index in [1.165, 1.54) is 66.8 Å². The van der Waals surface area contributed by atoms with Crippen molar-refractivity contribution >= 4 is 33.1 Å². The Morgan fingerprint density at radius 2 is 0.469 bits per heavy atom. The fourth-order valence-electron chi connectivity index (χ4n) is 8.16. The molecule has 0 radical (unpaired) electrons. The molecule has 0 fully saturated rings. The van der Waals surface area contributed by atoms with Gasteiger partial charge in [-0.1, -0.05) is 250 Å². The molecule has 0 unspecified atom stereocenters. The summed E-state index contributed by atoms with van der Waals surface area (Å²) in [5.41, 5.74) is 20.2. The normalized spacial score (nSPS) is 10.7. The largest absolute Gasteiger partial charge is 3.00 e. The third-order valence-electron chi connectivity index (χ3n) is 11.1. The molecule has 12 aromatic rings. The van der Waals surface area contributed by atoms with Gasteiger partial charge in [0.25, 0.3) is 0 Å². The molecule has 3 N–H and O–H groups in total. The van der Waals surface area contributed by atoms with E-state index in [1.54, 1.807) is 0 Å². The fourth-order valence-corrected chi connectivity index (χ4v) is 8.16. The Labute approximate surface area is 385 Å². The number of hydrogen-bond acceptors (Lipinski definition) is 3. The Bertz CT molecular complexity index is 3000. The summed E-state index contributed by atoms with van der Waals surface area (Å²) in [6, 6.07) is 75.0. The standard InChI is InChI=1S/3C19H13N2.Ir/c3*1-3-7-14(8-4-1)16-11-12-17-19(21-13-20-17)18(16)15-9-5-2-6-10-15;/h3*1-12H,(H,20,21);/q3*-1;+3. The quantitative estimate of drug-likeness (QED) is 0.145. The molecule has 0 saturated carbocycles. The second-order valence-corrected chi connectivity index (χ2v) is 14.9. The van der Waals surface area contributed by atoms with E-state index in [0.717, 1.165) is 33.1 Å². The van der Waals surface area contributed by atoms with E-state index in [4.69, 9.17) is 0 Å².